The molecule has 0 radical (unpaired) electrons. The van der Waals surface area contributed by atoms with Gasteiger partial charge in [0.05, 0.1) is 6.61 Å². The number of carboxylic acid groups (broad SMARTS) is 1. The van der Waals surface area contributed by atoms with Crippen molar-refractivity contribution >= 4 is 17.9 Å². The van der Waals surface area contributed by atoms with Gasteiger partial charge in [0, 0.05) is 12.8 Å². The third-order valence-electron chi connectivity index (χ3n) is 12.2. The summed E-state index contributed by atoms with van der Waals surface area (Å²) in [6.07, 6.45) is 45.9. The van der Waals surface area contributed by atoms with Gasteiger partial charge in [0.2, 0.25) is 0 Å². The Morgan fingerprint density at radius 1 is 0.485 bits per heavy atom. The minimum Gasteiger partial charge on any atom is -0.479 e. The van der Waals surface area contributed by atoms with Crippen molar-refractivity contribution in [2.75, 3.05) is 13.2 Å². The molecule has 6 unspecified atom stereocenters. The van der Waals surface area contributed by atoms with Gasteiger partial charge in [0.25, 0.3) is 0 Å². The third kappa shape index (κ3) is 35.3. The summed E-state index contributed by atoms with van der Waals surface area (Å²) in [7, 11) is 0. The zero-order chi connectivity index (χ0) is 48.1. The number of hydrogen-bond acceptors (Lipinski definition) is 10. The highest BCUT2D eigenvalue weighted by atomic mass is 16.7. The molecule has 1 heterocycles. The first-order chi connectivity index (χ1) is 32.2. The fourth-order valence-corrected chi connectivity index (χ4v) is 8.05. The smallest absolute Gasteiger partial charge is 0.335 e. The van der Waals surface area contributed by atoms with E-state index in [1.54, 1.807) is 0 Å². The number of carbonyl (C=O) groups is 3. The van der Waals surface area contributed by atoms with Crippen molar-refractivity contribution in [1.29, 1.82) is 0 Å². The predicted molar refractivity (Wildman–Crippen MR) is 266 cm³/mol. The Kier molecular flexibility index (Phi) is 41.4. The molecule has 0 amide bonds. The molecule has 0 saturated carbocycles. The van der Waals surface area contributed by atoms with E-state index >= 15 is 0 Å². The Morgan fingerprint density at radius 3 is 1.35 bits per heavy atom. The molecule has 11 heteroatoms. The number of aliphatic hydroxyl groups excluding tert-OH is 3. The summed E-state index contributed by atoms with van der Waals surface area (Å²) in [6.45, 7) is 3.73. The Labute approximate surface area is 401 Å². The Hall–Kier alpha value is -2.83. The highest BCUT2D eigenvalue weighted by Gasteiger charge is 2.47. The van der Waals surface area contributed by atoms with Crippen molar-refractivity contribution in [2.24, 2.45) is 0 Å². The molecule has 0 aliphatic carbocycles. The van der Waals surface area contributed by atoms with Crippen LogP contribution in [0.25, 0.3) is 0 Å². The molecule has 0 aromatic rings. The first-order valence-corrected chi connectivity index (χ1v) is 26.7. The van der Waals surface area contributed by atoms with Crippen molar-refractivity contribution in [3.8, 4) is 0 Å². The van der Waals surface area contributed by atoms with Crippen LogP contribution < -0.4 is 0 Å². The molecule has 11 nitrogen and oxygen atoms in total. The van der Waals surface area contributed by atoms with Crippen LogP contribution in [-0.2, 0) is 33.3 Å². The van der Waals surface area contributed by atoms with E-state index in [0.717, 1.165) is 83.5 Å². The minimum absolute atomic E-state index is 0.182. The van der Waals surface area contributed by atoms with Gasteiger partial charge in [-0.15, -0.1) is 0 Å². The van der Waals surface area contributed by atoms with Crippen LogP contribution in [-0.4, -0.2) is 88.4 Å². The predicted octanol–water partition coefficient (Wildman–Crippen LogP) is 12.9. The molecule has 1 aliphatic heterocycles. The van der Waals surface area contributed by atoms with Gasteiger partial charge in [0.15, 0.2) is 18.5 Å². The van der Waals surface area contributed by atoms with Crippen molar-refractivity contribution in [1.82, 2.24) is 0 Å². The van der Waals surface area contributed by atoms with E-state index in [1.807, 2.05) is 0 Å². The van der Waals surface area contributed by atoms with E-state index in [2.05, 4.69) is 62.5 Å². The average molecular weight is 933 g/mol. The summed E-state index contributed by atoms with van der Waals surface area (Å²) in [5.41, 5.74) is 0. The van der Waals surface area contributed by atoms with Crippen LogP contribution in [0.5, 0.6) is 0 Å². The SMILES string of the molecule is CC/C=C\C/C=C\C/C=C\C/C=C\CCCCCCCCC(=O)OCC(COC1OC(C(=O)O)C(O)C(O)C1O)OC(=O)CCCCCCCCCCCCCCCCCCCCCCC. The fraction of sp³-hybridized carbons (Fsp3) is 0.800. The van der Waals surface area contributed by atoms with Gasteiger partial charge in [-0.2, -0.15) is 0 Å². The van der Waals surface area contributed by atoms with Crippen LogP contribution >= 0.6 is 0 Å². The van der Waals surface area contributed by atoms with Gasteiger partial charge < -0.3 is 39.4 Å². The lowest BCUT2D eigenvalue weighted by Crippen LogP contribution is -2.60. The molecule has 0 aromatic carbocycles. The van der Waals surface area contributed by atoms with Crippen molar-refractivity contribution in [3.05, 3.63) is 48.6 Å². The lowest BCUT2D eigenvalue weighted by atomic mass is 9.99. The van der Waals surface area contributed by atoms with E-state index < -0.39 is 61.3 Å². The molecule has 1 fully saturated rings. The normalized spacial score (nSPS) is 19.4. The van der Waals surface area contributed by atoms with E-state index in [9.17, 15) is 34.8 Å². The maximum atomic E-state index is 12.9. The van der Waals surface area contributed by atoms with Gasteiger partial charge in [-0.1, -0.05) is 217 Å². The maximum Gasteiger partial charge on any atom is 0.335 e. The zero-order valence-electron chi connectivity index (χ0n) is 41.7. The summed E-state index contributed by atoms with van der Waals surface area (Å²) >= 11 is 0. The maximum absolute atomic E-state index is 12.9. The Morgan fingerprint density at radius 2 is 0.894 bits per heavy atom. The quantitative estimate of drug-likeness (QED) is 0.0260. The first kappa shape index (κ1) is 61.2. The lowest BCUT2D eigenvalue weighted by Gasteiger charge is -2.38. The molecule has 382 valence electrons. The van der Waals surface area contributed by atoms with Crippen molar-refractivity contribution in [3.63, 3.8) is 0 Å². The van der Waals surface area contributed by atoms with Crippen LogP contribution in [0.4, 0.5) is 0 Å². The van der Waals surface area contributed by atoms with Crippen LogP contribution in [0, 0.1) is 0 Å². The second-order valence-electron chi connectivity index (χ2n) is 18.3. The summed E-state index contributed by atoms with van der Waals surface area (Å²) in [6, 6.07) is 0. The van der Waals surface area contributed by atoms with Gasteiger partial charge in [0.1, 0.15) is 24.9 Å². The average Bonchev–Trinajstić information content (AvgIpc) is 3.30. The minimum atomic E-state index is -1.86. The van der Waals surface area contributed by atoms with Crippen LogP contribution in [0.3, 0.4) is 0 Å². The van der Waals surface area contributed by atoms with E-state index in [1.165, 1.54) is 109 Å². The first-order valence-electron chi connectivity index (χ1n) is 26.7. The number of aliphatic carboxylic acids is 1. The number of rotatable bonds is 45. The number of aliphatic hydroxyl groups is 3. The Bertz CT molecular complexity index is 1280. The van der Waals surface area contributed by atoms with Gasteiger partial charge in [-0.05, 0) is 51.4 Å². The van der Waals surface area contributed by atoms with Crippen LogP contribution in [0.1, 0.15) is 232 Å². The van der Waals surface area contributed by atoms with Crippen molar-refractivity contribution < 1.29 is 53.8 Å². The zero-order valence-corrected chi connectivity index (χ0v) is 41.7. The summed E-state index contributed by atoms with van der Waals surface area (Å²) < 4.78 is 21.8. The lowest BCUT2D eigenvalue weighted by molar-refractivity contribution is -0.298. The Balaban J connectivity index is 2.28. The van der Waals surface area contributed by atoms with Crippen LogP contribution in [0.2, 0.25) is 0 Å². The second-order valence-corrected chi connectivity index (χ2v) is 18.3. The monoisotopic (exact) mass is 933 g/mol. The molecule has 1 aliphatic rings. The summed E-state index contributed by atoms with van der Waals surface area (Å²) in [5.74, 6) is -2.45. The highest BCUT2D eigenvalue weighted by Crippen LogP contribution is 2.23. The number of carbonyl (C=O) groups excluding carboxylic acids is 2. The van der Waals surface area contributed by atoms with Crippen LogP contribution in [0.15, 0.2) is 48.6 Å². The molecular weight excluding hydrogens is 837 g/mol. The van der Waals surface area contributed by atoms with E-state index in [-0.39, 0.29) is 19.4 Å². The molecule has 0 bridgehead atoms. The molecule has 6 atom stereocenters. The standard InChI is InChI=1S/C55H96O11/c1-3-5-7-9-11-13-15-17-19-21-23-24-26-28-30-32-34-36-38-40-42-44-49(57)65-47(46-64-55-52(60)50(58)51(59)53(66-55)54(61)62)45-63-48(56)43-41-39-37-35-33-31-29-27-25-22-20-18-16-14-12-10-8-6-4-2/h6,8,12,14,18,20,25,27,47,50-53,55,58-60H,3-5,7,9-11,13,15-17,19,21-24,26,28-46H2,1-2H3,(H,61,62)/b8-6-,14-12-,20-18-,27-25-. The summed E-state index contributed by atoms with van der Waals surface area (Å²) in [5, 5.41) is 40.0. The van der Waals surface area contributed by atoms with E-state index in [4.69, 9.17) is 18.9 Å². The van der Waals surface area contributed by atoms with Gasteiger partial charge in [-0.25, -0.2) is 4.79 Å². The topological polar surface area (TPSA) is 169 Å². The largest absolute Gasteiger partial charge is 0.479 e. The van der Waals surface area contributed by atoms with Crippen molar-refractivity contribution in [2.45, 2.75) is 269 Å². The molecule has 1 saturated heterocycles. The molecule has 0 spiro atoms. The number of unbranched alkanes of at least 4 members (excludes halogenated alkanes) is 26. The molecule has 4 N–H and O–H groups in total. The number of carboxylic acids is 1. The number of ether oxygens (including phenoxy) is 4. The second kappa shape index (κ2) is 44.7. The number of esters is 2. The van der Waals surface area contributed by atoms with Gasteiger partial charge in [-0.3, -0.25) is 9.59 Å². The van der Waals surface area contributed by atoms with Gasteiger partial charge >= 0.3 is 17.9 Å². The number of allylic oxidation sites excluding steroid dienone is 8. The molecule has 66 heavy (non-hydrogen) atoms. The molecular formula is C55H96O11. The summed E-state index contributed by atoms with van der Waals surface area (Å²) in [4.78, 5) is 37.0. The fourth-order valence-electron chi connectivity index (χ4n) is 8.05. The van der Waals surface area contributed by atoms with E-state index in [0.29, 0.717) is 12.8 Å². The molecule has 1 rings (SSSR count). The molecule has 0 aromatic heterocycles. The number of hydrogen-bond donors (Lipinski definition) is 4. The highest BCUT2D eigenvalue weighted by molar-refractivity contribution is 5.73. The third-order valence-corrected chi connectivity index (χ3v) is 12.2.